The van der Waals surface area contributed by atoms with Crippen LogP contribution in [0.15, 0.2) is 48.5 Å². The monoisotopic (exact) mass is 393 g/mol. The zero-order valence-electron chi connectivity index (χ0n) is 15.5. The minimum absolute atomic E-state index is 0.195. The van der Waals surface area contributed by atoms with Gasteiger partial charge in [0.2, 0.25) is 4.96 Å². The van der Waals surface area contributed by atoms with Gasteiger partial charge in [-0.2, -0.15) is 9.61 Å². The van der Waals surface area contributed by atoms with E-state index >= 15 is 0 Å². The van der Waals surface area contributed by atoms with E-state index in [1.165, 1.54) is 11.3 Å². The van der Waals surface area contributed by atoms with Gasteiger partial charge >= 0.3 is 0 Å². The number of benzene rings is 2. The second kappa shape index (κ2) is 7.77. The molecule has 1 amide bonds. The molecule has 142 valence electrons. The molecule has 0 aliphatic heterocycles. The van der Waals surface area contributed by atoms with Crippen molar-refractivity contribution in [1.82, 2.24) is 19.8 Å². The highest BCUT2D eigenvalue weighted by molar-refractivity contribution is 7.19. The Morgan fingerprint density at radius 3 is 2.86 bits per heavy atom. The summed E-state index contributed by atoms with van der Waals surface area (Å²) in [5, 5.41) is 16.8. The number of amides is 1. The molecule has 7 nitrogen and oxygen atoms in total. The van der Waals surface area contributed by atoms with Gasteiger partial charge in [0.15, 0.2) is 5.82 Å². The number of anilines is 1. The SMILES string of the molecule is CCCc1nnc2sc(-c3cccc(NC(=O)c4cccc(OC)c4)c3)nn12. The lowest BCUT2D eigenvalue weighted by molar-refractivity contribution is 0.102. The lowest BCUT2D eigenvalue weighted by Crippen LogP contribution is -2.11. The van der Waals surface area contributed by atoms with Gasteiger partial charge < -0.3 is 10.1 Å². The van der Waals surface area contributed by atoms with Gasteiger partial charge in [0.05, 0.1) is 7.11 Å². The number of hydrogen-bond acceptors (Lipinski definition) is 6. The van der Waals surface area contributed by atoms with E-state index < -0.39 is 0 Å². The predicted octanol–water partition coefficient (Wildman–Crippen LogP) is 4.07. The standard InChI is InChI=1S/C20H19N5O2S/c1-3-6-17-22-23-20-25(17)24-19(28-20)14-8-4-9-15(11-14)21-18(26)13-7-5-10-16(12-13)27-2/h4-5,7-12H,3,6H2,1-2H3,(H,21,26). The van der Waals surface area contributed by atoms with E-state index in [1.807, 2.05) is 24.3 Å². The van der Waals surface area contributed by atoms with Crippen LogP contribution < -0.4 is 10.1 Å². The fourth-order valence-corrected chi connectivity index (χ4v) is 3.71. The van der Waals surface area contributed by atoms with Crippen molar-refractivity contribution in [2.45, 2.75) is 19.8 Å². The van der Waals surface area contributed by atoms with E-state index in [0.717, 1.165) is 34.2 Å². The molecule has 1 N–H and O–H groups in total. The van der Waals surface area contributed by atoms with Crippen molar-refractivity contribution in [3.05, 3.63) is 59.9 Å². The number of nitrogens with zero attached hydrogens (tertiary/aromatic N) is 4. The van der Waals surface area contributed by atoms with Crippen molar-refractivity contribution in [3.8, 4) is 16.3 Å². The van der Waals surface area contributed by atoms with Gasteiger partial charge in [-0.05, 0) is 36.8 Å². The summed E-state index contributed by atoms with van der Waals surface area (Å²) in [6.45, 7) is 2.10. The van der Waals surface area contributed by atoms with Crippen LogP contribution in [-0.2, 0) is 6.42 Å². The second-order valence-electron chi connectivity index (χ2n) is 6.23. The number of methoxy groups -OCH3 is 1. The summed E-state index contributed by atoms with van der Waals surface area (Å²) in [6.07, 6.45) is 1.82. The van der Waals surface area contributed by atoms with Crippen LogP contribution in [0.4, 0.5) is 5.69 Å². The first kappa shape index (κ1) is 18.1. The fourth-order valence-electron chi connectivity index (χ4n) is 2.85. The number of aromatic nitrogens is 4. The summed E-state index contributed by atoms with van der Waals surface area (Å²) >= 11 is 1.47. The number of fused-ring (bicyclic) bond motifs is 1. The molecular formula is C20H19N5O2S. The van der Waals surface area contributed by atoms with Crippen molar-refractivity contribution >= 4 is 27.9 Å². The topological polar surface area (TPSA) is 81.4 Å². The summed E-state index contributed by atoms with van der Waals surface area (Å²) in [4.78, 5) is 13.3. The first-order chi connectivity index (χ1) is 13.7. The molecule has 0 unspecified atom stereocenters. The molecule has 0 aliphatic carbocycles. The summed E-state index contributed by atoms with van der Waals surface area (Å²) < 4.78 is 6.98. The van der Waals surface area contributed by atoms with Gasteiger partial charge in [-0.25, -0.2) is 0 Å². The molecule has 0 bridgehead atoms. The van der Waals surface area contributed by atoms with Crippen LogP contribution in [0.1, 0.15) is 29.5 Å². The molecule has 2 heterocycles. The first-order valence-electron chi connectivity index (χ1n) is 8.95. The molecule has 0 saturated heterocycles. The summed E-state index contributed by atoms with van der Waals surface area (Å²) in [6, 6.07) is 14.7. The van der Waals surface area contributed by atoms with E-state index in [1.54, 1.807) is 35.9 Å². The number of carbonyl (C=O) groups is 1. The third-order valence-corrected chi connectivity index (χ3v) is 5.18. The molecule has 0 radical (unpaired) electrons. The Bertz CT molecular complexity index is 1130. The Morgan fingerprint density at radius 2 is 2.04 bits per heavy atom. The van der Waals surface area contributed by atoms with Crippen LogP contribution in [-0.4, -0.2) is 32.8 Å². The zero-order chi connectivity index (χ0) is 19.5. The van der Waals surface area contributed by atoms with Crippen molar-refractivity contribution in [3.63, 3.8) is 0 Å². The van der Waals surface area contributed by atoms with Crippen LogP contribution in [0.25, 0.3) is 15.5 Å². The van der Waals surface area contributed by atoms with Crippen molar-refractivity contribution in [2.75, 3.05) is 12.4 Å². The minimum Gasteiger partial charge on any atom is -0.497 e. The predicted molar refractivity (Wildman–Crippen MR) is 109 cm³/mol. The third-order valence-electron chi connectivity index (χ3n) is 4.23. The second-order valence-corrected chi connectivity index (χ2v) is 7.19. The van der Waals surface area contributed by atoms with Crippen LogP contribution in [0.3, 0.4) is 0 Å². The van der Waals surface area contributed by atoms with E-state index in [0.29, 0.717) is 17.0 Å². The maximum absolute atomic E-state index is 12.5. The highest BCUT2D eigenvalue weighted by Gasteiger charge is 2.13. The average molecular weight is 393 g/mol. The molecule has 0 aliphatic rings. The normalized spacial score (nSPS) is 10.9. The molecule has 28 heavy (non-hydrogen) atoms. The molecule has 0 atom stereocenters. The van der Waals surface area contributed by atoms with E-state index in [-0.39, 0.29) is 5.91 Å². The quantitative estimate of drug-likeness (QED) is 0.534. The molecule has 0 spiro atoms. The first-order valence-corrected chi connectivity index (χ1v) is 9.76. The Kier molecular flexibility index (Phi) is 5.03. The number of aryl methyl sites for hydroxylation is 1. The maximum Gasteiger partial charge on any atom is 0.255 e. The third kappa shape index (κ3) is 3.59. The highest BCUT2D eigenvalue weighted by Crippen LogP contribution is 2.28. The Morgan fingerprint density at radius 1 is 1.18 bits per heavy atom. The molecule has 4 aromatic rings. The van der Waals surface area contributed by atoms with Crippen molar-refractivity contribution < 1.29 is 9.53 Å². The van der Waals surface area contributed by atoms with Gasteiger partial charge in [-0.1, -0.05) is 36.5 Å². The molecule has 2 aromatic carbocycles. The van der Waals surface area contributed by atoms with Gasteiger partial charge in [0, 0.05) is 23.2 Å². The smallest absolute Gasteiger partial charge is 0.255 e. The molecule has 4 rings (SSSR count). The van der Waals surface area contributed by atoms with Crippen molar-refractivity contribution in [1.29, 1.82) is 0 Å². The van der Waals surface area contributed by atoms with Crippen LogP contribution >= 0.6 is 11.3 Å². The maximum atomic E-state index is 12.5. The lowest BCUT2D eigenvalue weighted by Gasteiger charge is -2.07. The lowest BCUT2D eigenvalue weighted by atomic mass is 10.1. The minimum atomic E-state index is -0.195. The van der Waals surface area contributed by atoms with Gasteiger partial charge in [-0.15, -0.1) is 10.2 Å². The van der Waals surface area contributed by atoms with E-state index in [2.05, 4.69) is 27.5 Å². The number of rotatable bonds is 6. The van der Waals surface area contributed by atoms with Crippen LogP contribution in [0.2, 0.25) is 0 Å². The van der Waals surface area contributed by atoms with Crippen LogP contribution in [0, 0.1) is 0 Å². The van der Waals surface area contributed by atoms with Crippen molar-refractivity contribution in [2.24, 2.45) is 0 Å². The van der Waals surface area contributed by atoms with E-state index in [9.17, 15) is 4.79 Å². The van der Waals surface area contributed by atoms with Gasteiger partial charge in [0.1, 0.15) is 10.8 Å². The molecule has 8 heteroatoms. The van der Waals surface area contributed by atoms with Gasteiger partial charge in [0.25, 0.3) is 5.91 Å². The molecule has 0 fully saturated rings. The molecule has 0 saturated carbocycles. The Hall–Kier alpha value is -3.26. The molecular weight excluding hydrogens is 374 g/mol. The fraction of sp³-hybridized carbons (Fsp3) is 0.200. The molecule has 2 aromatic heterocycles. The largest absolute Gasteiger partial charge is 0.497 e. The van der Waals surface area contributed by atoms with E-state index in [4.69, 9.17) is 4.74 Å². The highest BCUT2D eigenvalue weighted by atomic mass is 32.1. The summed E-state index contributed by atoms with van der Waals surface area (Å²) in [7, 11) is 1.58. The number of carbonyl (C=O) groups excluding carboxylic acids is 1. The average Bonchev–Trinajstić information content (AvgIpc) is 3.30. The Labute approximate surface area is 166 Å². The number of ether oxygens (including phenoxy) is 1. The zero-order valence-corrected chi connectivity index (χ0v) is 16.4. The summed E-state index contributed by atoms with van der Waals surface area (Å²) in [5.41, 5.74) is 2.15. The summed E-state index contributed by atoms with van der Waals surface area (Å²) in [5.74, 6) is 1.31. The Balaban J connectivity index is 1.58. The number of hydrogen-bond donors (Lipinski definition) is 1. The van der Waals surface area contributed by atoms with Gasteiger partial charge in [-0.3, -0.25) is 4.79 Å². The van der Waals surface area contributed by atoms with Crippen LogP contribution in [0.5, 0.6) is 5.75 Å². The number of nitrogens with one attached hydrogen (secondary N) is 1.